The Kier molecular flexibility index (Phi) is 7.81. The maximum absolute atomic E-state index is 13.1. The first-order valence-corrected chi connectivity index (χ1v) is 12.4. The molecule has 0 bridgehead atoms. The Morgan fingerprint density at radius 1 is 1.23 bits per heavy atom. The second-order valence-corrected chi connectivity index (χ2v) is 9.74. The van der Waals surface area contributed by atoms with E-state index in [0.717, 1.165) is 55.7 Å². The van der Waals surface area contributed by atoms with Crippen LogP contribution in [-0.2, 0) is 17.5 Å². The molecule has 188 valence electrons. The number of fused-ring (bicyclic) bond motifs is 1. The minimum absolute atomic E-state index is 0.206. The summed E-state index contributed by atoms with van der Waals surface area (Å²) in [5.74, 6) is -0.492. The molecule has 0 radical (unpaired) electrons. The maximum atomic E-state index is 13.1. The Bertz CT molecular complexity index is 1170. The molecule has 0 unspecified atom stereocenters. The number of anilines is 1. The smallest absolute Gasteiger partial charge is 0.416 e. The molecule has 1 fully saturated rings. The van der Waals surface area contributed by atoms with Crippen molar-refractivity contribution in [2.75, 3.05) is 31.1 Å². The predicted molar refractivity (Wildman–Crippen MR) is 130 cm³/mol. The lowest BCUT2D eigenvalue weighted by Crippen LogP contribution is -2.53. The Morgan fingerprint density at radius 2 is 2.06 bits per heavy atom. The lowest BCUT2D eigenvalue weighted by molar-refractivity contribution is -0.139. The third kappa shape index (κ3) is 6.43. The van der Waals surface area contributed by atoms with E-state index >= 15 is 0 Å². The van der Waals surface area contributed by atoms with Crippen molar-refractivity contribution in [3.05, 3.63) is 53.6 Å². The number of thiazole rings is 1. The van der Waals surface area contributed by atoms with Crippen LogP contribution in [0.1, 0.15) is 37.3 Å². The van der Waals surface area contributed by atoms with E-state index in [1.165, 1.54) is 23.5 Å². The van der Waals surface area contributed by atoms with E-state index in [2.05, 4.69) is 21.7 Å². The molecular formula is C25H28F3N3O3S. The van der Waals surface area contributed by atoms with Gasteiger partial charge in [0.2, 0.25) is 0 Å². The summed E-state index contributed by atoms with van der Waals surface area (Å²) < 4.78 is 45.3. The van der Waals surface area contributed by atoms with E-state index in [1.54, 1.807) is 6.07 Å². The number of nitrogens with zero attached hydrogens (tertiary/aromatic N) is 3. The number of hydrogen-bond donors (Lipinski definition) is 1. The normalized spacial score (nSPS) is 17.1. The van der Waals surface area contributed by atoms with E-state index in [0.29, 0.717) is 22.5 Å². The number of carboxylic acid groups (broad SMARTS) is 1. The van der Waals surface area contributed by atoms with Crippen LogP contribution in [0.5, 0.6) is 5.75 Å². The van der Waals surface area contributed by atoms with Gasteiger partial charge in [0.25, 0.3) is 0 Å². The minimum Gasteiger partial charge on any atom is -0.482 e. The fourth-order valence-electron chi connectivity index (χ4n) is 4.35. The van der Waals surface area contributed by atoms with Crippen molar-refractivity contribution in [1.82, 2.24) is 9.88 Å². The molecule has 1 aliphatic heterocycles. The highest BCUT2D eigenvalue weighted by molar-refractivity contribution is 7.22. The summed E-state index contributed by atoms with van der Waals surface area (Å²) in [7, 11) is 0. The van der Waals surface area contributed by atoms with E-state index in [9.17, 15) is 18.0 Å². The number of carboxylic acids is 1. The van der Waals surface area contributed by atoms with Gasteiger partial charge in [-0.15, -0.1) is 0 Å². The molecule has 0 aliphatic carbocycles. The van der Waals surface area contributed by atoms with Crippen LogP contribution in [-0.4, -0.2) is 53.2 Å². The highest BCUT2D eigenvalue weighted by Gasteiger charge is 2.32. The zero-order chi connectivity index (χ0) is 25.0. The van der Waals surface area contributed by atoms with Crippen molar-refractivity contribution in [3.63, 3.8) is 0 Å². The van der Waals surface area contributed by atoms with Crippen LogP contribution in [0.15, 0.2) is 42.5 Å². The van der Waals surface area contributed by atoms with Gasteiger partial charge in [-0.25, -0.2) is 9.78 Å². The molecular weight excluding hydrogens is 479 g/mol. The molecule has 35 heavy (non-hydrogen) atoms. The summed E-state index contributed by atoms with van der Waals surface area (Å²) in [6, 6.07) is 11.4. The summed E-state index contributed by atoms with van der Waals surface area (Å²) in [5.41, 5.74) is 0.977. The highest BCUT2D eigenvalue weighted by atomic mass is 32.1. The average molecular weight is 508 g/mol. The Balaban J connectivity index is 1.48. The average Bonchev–Trinajstić information content (AvgIpc) is 3.24. The molecule has 10 heteroatoms. The Hall–Kier alpha value is -2.85. The Morgan fingerprint density at radius 3 is 2.80 bits per heavy atom. The first-order chi connectivity index (χ1) is 16.7. The maximum Gasteiger partial charge on any atom is 0.416 e. The van der Waals surface area contributed by atoms with Crippen molar-refractivity contribution in [3.8, 4) is 5.75 Å². The molecule has 4 rings (SSSR count). The first kappa shape index (κ1) is 25.2. The lowest BCUT2D eigenvalue weighted by atomic mass is 10.0. The van der Waals surface area contributed by atoms with E-state index in [4.69, 9.17) is 9.84 Å². The molecule has 2 aromatic carbocycles. The molecule has 3 aromatic rings. The van der Waals surface area contributed by atoms with Crippen LogP contribution >= 0.6 is 11.3 Å². The summed E-state index contributed by atoms with van der Waals surface area (Å²) in [4.78, 5) is 20.0. The number of hydrogen-bond acceptors (Lipinski definition) is 6. The van der Waals surface area contributed by atoms with Gasteiger partial charge in [-0.2, -0.15) is 13.2 Å². The largest absolute Gasteiger partial charge is 0.482 e. The molecule has 2 heterocycles. The molecule has 1 atom stereocenters. The number of aromatic nitrogens is 1. The van der Waals surface area contributed by atoms with Crippen LogP contribution in [0.2, 0.25) is 0 Å². The number of alkyl halides is 3. The number of benzene rings is 2. The third-order valence-corrected chi connectivity index (χ3v) is 7.13. The molecule has 6 nitrogen and oxygen atoms in total. The lowest BCUT2D eigenvalue weighted by Gasteiger charge is -2.41. The summed E-state index contributed by atoms with van der Waals surface area (Å²) in [6.07, 6.45) is -1.29. The van der Waals surface area contributed by atoms with Crippen molar-refractivity contribution in [1.29, 1.82) is 0 Å². The molecule has 1 N–H and O–H groups in total. The number of aliphatic carboxylic acids is 1. The molecule has 1 aliphatic rings. The van der Waals surface area contributed by atoms with Crippen molar-refractivity contribution in [2.24, 2.45) is 0 Å². The van der Waals surface area contributed by atoms with Gasteiger partial charge >= 0.3 is 12.1 Å². The number of carbonyl (C=O) groups is 1. The number of piperazine rings is 1. The monoisotopic (exact) mass is 507 g/mol. The first-order valence-electron chi connectivity index (χ1n) is 11.6. The number of rotatable bonds is 9. The predicted octanol–water partition coefficient (Wildman–Crippen LogP) is 5.66. The van der Waals surface area contributed by atoms with Crippen LogP contribution in [0.4, 0.5) is 18.3 Å². The highest BCUT2D eigenvalue weighted by Crippen LogP contribution is 2.36. The fraction of sp³-hybridized carbons (Fsp3) is 0.440. The van der Waals surface area contributed by atoms with Gasteiger partial charge < -0.3 is 14.7 Å². The van der Waals surface area contributed by atoms with Gasteiger partial charge in [-0.1, -0.05) is 43.2 Å². The van der Waals surface area contributed by atoms with Gasteiger partial charge in [0.1, 0.15) is 5.75 Å². The zero-order valence-electron chi connectivity index (χ0n) is 19.4. The topological polar surface area (TPSA) is 65.9 Å². The van der Waals surface area contributed by atoms with Crippen LogP contribution < -0.4 is 9.64 Å². The van der Waals surface area contributed by atoms with Crippen LogP contribution in [0.25, 0.3) is 10.2 Å². The van der Waals surface area contributed by atoms with Gasteiger partial charge in [0.15, 0.2) is 11.7 Å². The van der Waals surface area contributed by atoms with E-state index in [1.807, 2.05) is 18.2 Å². The second kappa shape index (κ2) is 10.8. The standard InChI is InChI=1S/C25H28F3N3O3S/c1-2-3-6-19-15-30(14-17-5-4-7-20(12-17)34-16-23(32)33)10-11-31(19)24-29-21-9-8-18(25(26,27)28)13-22(21)35-24/h4-5,7-9,12-13,19H,2-3,6,10-11,14-16H2,1H3,(H,32,33)/t19-/m0/s1. The fourth-order valence-corrected chi connectivity index (χ4v) is 5.45. The Labute approximate surface area is 205 Å². The van der Waals surface area contributed by atoms with Gasteiger partial charge in [0.05, 0.1) is 15.8 Å². The molecule has 1 saturated heterocycles. The zero-order valence-corrected chi connectivity index (χ0v) is 20.2. The van der Waals surface area contributed by atoms with Gasteiger partial charge in [0, 0.05) is 32.2 Å². The van der Waals surface area contributed by atoms with Crippen LogP contribution in [0.3, 0.4) is 0 Å². The second-order valence-electron chi connectivity index (χ2n) is 8.73. The van der Waals surface area contributed by atoms with Gasteiger partial charge in [-0.3, -0.25) is 4.90 Å². The van der Waals surface area contributed by atoms with Gasteiger partial charge in [-0.05, 0) is 42.3 Å². The third-order valence-electron chi connectivity index (χ3n) is 6.07. The summed E-state index contributed by atoms with van der Waals surface area (Å²) >= 11 is 1.32. The molecule has 0 saturated carbocycles. The van der Waals surface area contributed by atoms with E-state index in [-0.39, 0.29) is 12.6 Å². The summed E-state index contributed by atoms with van der Waals surface area (Å²) in [5, 5.41) is 9.60. The SMILES string of the molecule is CCCC[C@H]1CN(Cc2cccc(OCC(=O)O)c2)CCN1c1nc2ccc(C(F)(F)F)cc2s1. The molecule has 0 amide bonds. The number of ether oxygens (including phenoxy) is 1. The number of halogens is 3. The van der Waals surface area contributed by atoms with Crippen molar-refractivity contribution >= 4 is 32.7 Å². The molecule has 1 aromatic heterocycles. The number of unbranched alkanes of at least 4 members (excludes halogenated alkanes) is 1. The van der Waals surface area contributed by atoms with Crippen molar-refractivity contribution < 1.29 is 27.8 Å². The van der Waals surface area contributed by atoms with Crippen molar-refractivity contribution in [2.45, 2.75) is 44.9 Å². The van der Waals surface area contributed by atoms with E-state index < -0.39 is 17.7 Å². The molecule has 0 spiro atoms. The minimum atomic E-state index is -4.37. The summed E-state index contributed by atoms with van der Waals surface area (Å²) in [6.45, 7) is 4.79. The quantitative estimate of drug-likeness (QED) is 0.403. The van der Waals surface area contributed by atoms with Crippen LogP contribution in [0, 0.1) is 0 Å².